The van der Waals surface area contributed by atoms with E-state index in [0.717, 1.165) is 16.9 Å². The van der Waals surface area contributed by atoms with E-state index in [9.17, 15) is 14.9 Å². The number of carbonyl (C=O) groups excluding carboxylic acids is 1. The van der Waals surface area contributed by atoms with Gasteiger partial charge >= 0.3 is 6.09 Å². The van der Waals surface area contributed by atoms with Crippen molar-refractivity contribution in [1.82, 2.24) is 24.8 Å². The number of nitrogens with zero attached hydrogens (tertiary/aromatic N) is 6. The topological polar surface area (TPSA) is 136 Å². The van der Waals surface area contributed by atoms with Crippen molar-refractivity contribution in [3.8, 4) is 22.9 Å². The summed E-state index contributed by atoms with van der Waals surface area (Å²) >= 11 is 0. The average Bonchev–Trinajstić information content (AvgIpc) is 3.30. The zero-order valence-corrected chi connectivity index (χ0v) is 21.2. The molecule has 2 N–H and O–H groups in total. The van der Waals surface area contributed by atoms with Crippen molar-refractivity contribution in [1.29, 1.82) is 5.26 Å². The molecule has 1 atom stereocenters. The van der Waals surface area contributed by atoms with Crippen molar-refractivity contribution in [2.45, 2.75) is 33.2 Å². The molecule has 1 aliphatic heterocycles. The second-order valence-electron chi connectivity index (χ2n) is 9.33. The number of aromatic nitrogens is 3. The third kappa shape index (κ3) is 5.74. The Balaban J connectivity index is 1.49. The predicted octanol–water partition coefficient (Wildman–Crippen LogP) is 3.00. The van der Waals surface area contributed by atoms with E-state index in [1.807, 2.05) is 39.0 Å². The second kappa shape index (κ2) is 11.2. The minimum atomic E-state index is -1.19. The fourth-order valence-electron chi connectivity index (χ4n) is 4.60. The monoisotopic (exact) mass is 505 g/mol. The van der Waals surface area contributed by atoms with Crippen molar-refractivity contribution in [3.63, 3.8) is 0 Å². The molecule has 3 aromatic rings. The maximum Gasteiger partial charge on any atom is 0.405 e. The van der Waals surface area contributed by atoms with E-state index in [1.165, 1.54) is 6.20 Å². The highest BCUT2D eigenvalue weighted by Gasteiger charge is 2.29. The number of rotatable bonds is 8. The first-order valence-corrected chi connectivity index (χ1v) is 12.3. The van der Waals surface area contributed by atoms with Crippen LogP contribution in [0.5, 0.6) is 5.75 Å². The molecule has 0 saturated carbocycles. The Labute approximate surface area is 215 Å². The third-order valence-corrected chi connectivity index (χ3v) is 6.30. The van der Waals surface area contributed by atoms with Crippen LogP contribution in [0.15, 0.2) is 36.8 Å². The lowest BCUT2D eigenvalue weighted by Gasteiger charge is -2.37. The molecule has 4 heterocycles. The van der Waals surface area contributed by atoms with Gasteiger partial charge in [0.15, 0.2) is 0 Å². The number of hydrogen-bond acceptors (Lipinski definition) is 7. The highest BCUT2D eigenvalue weighted by molar-refractivity contribution is 5.86. The van der Waals surface area contributed by atoms with Gasteiger partial charge in [0.05, 0.1) is 30.1 Å². The highest BCUT2D eigenvalue weighted by atomic mass is 16.5. The number of carboxylic acid groups (broad SMARTS) is 1. The summed E-state index contributed by atoms with van der Waals surface area (Å²) in [5.74, 6) is 1.43. The lowest BCUT2D eigenvalue weighted by atomic mass is 10.0. The van der Waals surface area contributed by atoms with Crippen LogP contribution < -0.4 is 15.0 Å². The third-order valence-electron chi connectivity index (χ3n) is 6.30. The van der Waals surface area contributed by atoms with E-state index < -0.39 is 12.1 Å². The van der Waals surface area contributed by atoms with Gasteiger partial charge < -0.3 is 25.0 Å². The van der Waals surface area contributed by atoms with Crippen LogP contribution in [0.1, 0.15) is 32.8 Å². The largest absolute Gasteiger partial charge is 0.492 e. The second-order valence-corrected chi connectivity index (χ2v) is 9.33. The standard InChI is InChI=1S/C26H31N7O4/c1-4-37-20-12-21(24-19(13-27)15-29-33(24)16-20)18-5-6-23(28-14-18)31-7-9-32(10-8-31)25(34)22(11-17(2)3)30-26(35)36/h5-6,12,14-17,22,30H,4,7-11H2,1-3H3,(H,35,36)/t22-/m1/s1. The first kappa shape index (κ1) is 25.8. The molecule has 0 bridgehead atoms. The predicted molar refractivity (Wildman–Crippen MR) is 138 cm³/mol. The number of amides is 2. The lowest BCUT2D eigenvalue weighted by molar-refractivity contribution is -0.134. The number of carbonyl (C=O) groups is 2. The van der Waals surface area contributed by atoms with Crippen LogP contribution in [-0.2, 0) is 4.79 Å². The molecule has 194 valence electrons. The normalized spacial score (nSPS) is 14.5. The van der Waals surface area contributed by atoms with Gasteiger partial charge in [0.2, 0.25) is 5.91 Å². The first-order chi connectivity index (χ1) is 17.8. The molecule has 0 aromatic carbocycles. The van der Waals surface area contributed by atoms with Crippen molar-refractivity contribution >= 4 is 23.3 Å². The number of piperazine rings is 1. The molecule has 1 aliphatic rings. The van der Waals surface area contributed by atoms with E-state index in [-0.39, 0.29) is 11.8 Å². The molecule has 0 radical (unpaired) electrons. The van der Waals surface area contributed by atoms with Gasteiger partial charge in [0.25, 0.3) is 0 Å². The molecule has 37 heavy (non-hydrogen) atoms. The van der Waals surface area contributed by atoms with E-state index in [4.69, 9.17) is 9.84 Å². The minimum absolute atomic E-state index is 0.187. The van der Waals surface area contributed by atoms with Crippen LogP contribution >= 0.6 is 0 Å². The maximum atomic E-state index is 13.0. The molecule has 11 heteroatoms. The quantitative estimate of drug-likeness (QED) is 0.477. The number of nitrogens with one attached hydrogen (secondary N) is 1. The molecule has 0 spiro atoms. The molecule has 11 nitrogen and oxygen atoms in total. The molecule has 2 amide bonds. The summed E-state index contributed by atoms with van der Waals surface area (Å²) in [6.07, 6.45) is 4.32. The average molecular weight is 506 g/mol. The van der Waals surface area contributed by atoms with Crippen LogP contribution in [0.4, 0.5) is 10.6 Å². The number of hydrogen-bond donors (Lipinski definition) is 2. The molecule has 3 aromatic heterocycles. The number of fused-ring (bicyclic) bond motifs is 1. The van der Waals surface area contributed by atoms with Crippen LogP contribution in [-0.4, -0.2) is 75.4 Å². The first-order valence-electron chi connectivity index (χ1n) is 12.3. The van der Waals surface area contributed by atoms with Crippen LogP contribution in [0, 0.1) is 17.2 Å². The molecule has 4 rings (SSSR count). The smallest absolute Gasteiger partial charge is 0.405 e. The Morgan fingerprint density at radius 1 is 1.22 bits per heavy atom. The van der Waals surface area contributed by atoms with Gasteiger partial charge in [0, 0.05) is 43.5 Å². The zero-order valence-electron chi connectivity index (χ0n) is 21.2. The van der Waals surface area contributed by atoms with E-state index >= 15 is 0 Å². The van der Waals surface area contributed by atoms with Gasteiger partial charge in [-0.25, -0.2) is 14.3 Å². The number of pyridine rings is 2. The summed E-state index contributed by atoms with van der Waals surface area (Å²) in [5, 5.41) is 25.3. The zero-order chi connectivity index (χ0) is 26.5. The van der Waals surface area contributed by atoms with Crippen LogP contribution in [0.2, 0.25) is 0 Å². The van der Waals surface area contributed by atoms with Gasteiger partial charge in [-0.2, -0.15) is 10.4 Å². The molecule has 1 fully saturated rings. The number of anilines is 1. The lowest BCUT2D eigenvalue weighted by Crippen LogP contribution is -2.55. The number of nitriles is 1. The van der Waals surface area contributed by atoms with Gasteiger partial charge in [0.1, 0.15) is 23.7 Å². The van der Waals surface area contributed by atoms with Crippen molar-refractivity contribution in [2.75, 3.05) is 37.7 Å². The maximum absolute atomic E-state index is 13.0. The molecular formula is C26H31N7O4. The summed E-state index contributed by atoms with van der Waals surface area (Å²) in [7, 11) is 0. The van der Waals surface area contributed by atoms with Gasteiger partial charge in [-0.3, -0.25) is 4.79 Å². The summed E-state index contributed by atoms with van der Waals surface area (Å²) < 4.78 is 7.33. The van der Waals surface area contributed by atoms with E-state index in [0.29, 0.717) is 56.0 Å². The van der Waals surface area contributed by atoms with Gasteiger partial charge in [-0.15, -0.1) is 0 Å². The Kier molecular flexibility index (Phi) is 7.77. The van der Waals surface area contributed by atoms with Crippen LogP contribution in [0.3, 0.4) is 0 Å². The Morgan fingerprint density at radius 3 is 2.57 bits per heavy atom. The highest BCUT2D eigenvalue weighted by Crippen LogP contribution is 2.31. The minimum Gasteiger partial charge on any atom is -0.492 e. The Morgan fingerprint density at radius 2 is 1.97 bits per heavy atom. The van der Waals surface area contributed by atoms with Crippen molar-refractivity contribution < 1.29 is 19.4 Å². The molecule has 0 aliphatic carbocycles. The fraction of sp³-hybridized carbons (Fsp3) is 0.423. The van der Waals surface area contributed by atoms with E-state index in [1.54, 1.807) is 21.8 Å². The summed E-state index contributed by atoms with van der Waals surface area (Å²) in [6.45, 7) is 8.48. The van der Waals surface area contributed by atoms with Gasteiger partial charge in [-0.1, -0.05) is 13.8 Å². The Hall–Kier alpha value is -4.33. The van der Waals surface area contributed by atoms with Crippen molar-refractivity contribution in [3.05, 3.63) is 42.4 Å². The van der Waals surface area contributed by atoms with Gasteiger partial charge in [-0.05, 0) is 37.5 Å². The van der Waals surface area contributed by atoms with Crippen molar-refractivity contribution in [2.24, 2.45) is 5.92 Å². The SMILES string of the molecule is CCOc1cc(-c2ccc(N3CCN(C(=O)[C@@H](CC(C)C)NC(=O)O)CC3)nc2)c2c(C#N)cnn2c1. The summed E-state index contributed by atoms with van der Waals surface area (Å²) in [4.78, 5) is 32.6. The van der Waals surface area contributed by atoms with Crippen LogP contribution in [0.25, 0.3) is 16.6 Å². The molecular weight excluding hydrogens is 474 g/mol. The molecule has 1 saturated heterocycles. The number of ether oxygens (including phenoxy) is 1. The Bertz CT molecular complexity index is 1300. The van der Waals surface area contributed by atoms with E-state index in [2.05, 4.69) is 26.4 Å². The fourth-order valence-corrected chi connectivity index (χ4v) is 4.60. The summed E-state index contributed by atoms with van der Waals surface area (Å²) in [6, 6.07) is 7.22. The summed E-state index contributed by atoms with van der Waals surface area (Å²) in [5.41, 5.74) is 2.80. The molecule has 0 unspecified atom stereocenters.